The quantitative estimate of drug-likeness (QED) is 0.0193. The van der Waals surface area contributed by atoms with Crippen molar-refractivity contribution in [2.45, 2.75) is 326 Å². The number of carbonyl (C=O) groups excluding carboxylic acids is 1. The van der Waals surface area contributed by atoms with Gasteiger partial charge < -0.3 is 35.2 Å². The highest BCUT2D eigenvalue weighted by Crippen LogP contribution is 2.26. The van der Waals surface area contributed by atoms with E-state index in [1.54, 1.807) is 0 Å². The molecule has 0 radical (unpaired) electrons. The Morgan fingerprint density at radius 3 is 1.30 bits per heavy atom. The van der Waals surface area contributed by atoms with Crippen molar-refractivity contribution < 1.29 is 51.8 Å². The van der Waals surface area contributed by atoms with Crippen LogP contribution in [-0.2, 0) is 28.9 Å². The summed E-state index contributed by atoms with van der Waals surface area (Å²) < 4.78 is 47.7. The monoisotopic (exact) mass is 1000 g/mol. The molecule has 0 spiro atoms. The fraction of sp³-hybridized carbons (Fsp3) is 0.946. The lowest BCUT2D eigenvalue weighted by Crippen LogP contribution is -2.61. The van der Waals surface area contributed by atoms with Crippen molar-refractivity contribution >= 4 is 16.3 Å². The summed E-state index contributed by atoms with van der Waals surface area (Å²) in [6.45, 7) is 3.46. The maximum Gasteiger partial charge on any atom is 0.397 e. The molecule has 0 saturated carbocycles. The molecule has 12 nitrogen and oxygen atoms in total. The summed E-state index contributed by atoms with van der Waals surface area (Å²) in [5.41, 5.74) is 0. The van der Waals surface area contributed by atoms with Gasteiger partial charge in [0.25, 0.3) is 0 Å². The van der Waals surface area contributed by atoms with Crippen molar-refractivity contribution in [3.8, 4) is 0 Å². The number of rotatable bonds is 51. The average Bonchev–Trinajstić information content (AvgIpc) is 3.32. The first-order valence-electron chi connectivity index (χ1n) is 29.1. The zero-order valence-corrected chi connectivity index (χ0v) is 45.2. The van der Waals surface area contributed by atoms with E-state index in [0.717, 1.165) is 51.4 Å². The molecule has 0 bridgehead atoms. The van der Waals surface area contributed by atoms with E-state index in [9.17, 15) is 38.2 Å². The van der Waals surface area contributed by atoms with Gasteiger partial charge in [0.2, 0.25) is 5.91 Å². The smallest absolute Gasteiger partial charge is 0.394 e. The van der Waals surface area contributed by atoms with E-state index in [1.165, 1.54) is 205 Å². The van der Waals surface area contributed by atoms with Gasteiger partial charge in [0.05, 0.1) is 25.4 Å². The maximum atomic E-state index is 13.1. The number of unbranched alkanes of at least 4 members (excludes halogenated alkanes) is 37. The molecule has 0 aromatic rings. The van der Waals surface area contributed by atoms with Gasteiger partial charge in [-0.15, -0.1) is 0 Å². The predicted molar refractivity (Wildman–Crippen MR) is 282 cm³/mol. The van der Waals surface area contributed by atoms with Crippen LogP contribution in [0.4, 0.5) is 0 Å². The summed E-state index contributed by atoms with van der Waals surface area (Å²) in [6, 6.07) is -0.853. The molecule has 1 aliphatic rings. The molecule has 7 atom stereocenters. The second-order valence-corrected chi connectivity index (χ2v) is 21.6. The maximum absolute atomic E-state index is 13.1. The van der Waals surface area contributed by atoms with Crippen LogP contribution in [0, 0.1) is 0 Å². The third-order valence-electron chi connectivity index (χ3n) is 14.1. The highest BCUT2D eigenvalue weighted by Gasteiger charge is 2.48. The molecule has 0 aromatic heterocycles. The Labute approximate surface area is 423 Å². The van der Waals surface area contributed by atoms with Crippen LogP contribution < -0.4 is 5.32 Å². The topological polar surface area (TPSA) is 192 Å². The molecular formula is C56H109NO11S. The third-order valence-corrected chi connectivity index (χ3v) is 14.5. The number of nitrogens with one attached hydrogen (secondary N) is 1. The molecule has 13 heteroatoms. The first kappa shape index (κ1) is 65.9. The van der Waals surface area contributed by atoms with E-state index in [-0.39, 0.29) is 12.5 Å². The van der Waals surface area contributed by atoms with E-state index in [2.05, 4.69) is 35.5 Å². The lowest BCUT2D eigenvalue weighted by atomic mass is 9.99. The Morgan fingerprint density at radius 1 is 0.565 bits per heavy atom. The highest BCUT2D eigenvalue weighted by atomic mass is 32.3. The number of carbonyl (C=O) groups is 1. The van der Waals surface area contributed by atoms with Crippen LogP contribution in [0.2, 0.25) is 0 Å². The fourth-order valence-electron chi connectivity index (χ4n) is 9.57. The molecule has 6 N–H and O–H groups in total. The number of allylic oxidation sites excluding steroid dienone is 2. The molecule has 7 unspecified atom stereocenters. The zero-order valence-electron chi connectivity index (χ0n) is 44.4. The molecule has 1 saturated heterocycles. The Hall–Kier alpha value is -1.16. The third kappa shape index (κ3) is 39.0. The van der Waals surface area contributed by atoms with Gasteiger partial charge in [-0.25, -0.2) is 4.18 Å². The normalized spacial score (nSPS) is 19.7. The highest BCUT2D eigenvalue weighted by molar-refractivity contribution is 7.80. The van der Waals surface area contributed by atoms with Gasteiger partial charge >= 0.3 is 10.4 Å². The first-order valence-corrected chi connectivity index (χ1v) is 30.4. The second-order valence-electron chi connectivity index (χ2n) is 20.6. The van der Waals surface area contributed by atoms with Gasteiger partial charge in [-0.05, 0) is 38.5 Å². The summed E-state index contributed by atoms with van der Waals surface area (Å²) in [4.78, 5) is 13.1. The number of ether oxygens (including phenoxy) is 2. The molecule has 0 aromatic carbocycles. The number of aliphatic hydroxyl groups excluding tert-OH is 4. The summed E-state index contributed by atoms with van der Waals surface area (Å²) in [5, 5.41) is 44.9. The first-order chi connectivity index (χ1) is 33.5. The van der Waals surface area contributed by atoms with Gasteiger partial charge in [0.15, 0.2) is 6.29 Å². The summed E-state index contributed by atoms with van der Waals surface area (Å²) in [6.07, 6.45) is 46.9. The number of hydrogen-bond donors (Lipinski definition) is 6. The van der Waals surface area contributed by atoms with Crippen LogP contribution in [0.25, 0.3) is 0 Å². The van der Waals surface area contributed by atoms with Gasteiger partial charge in [-0.3, -0.25) is 9.35 Å². The summed E-state index contributed by atoms with van der Waals surface area (Å²) in [5.74, 6) is -0.227. The minimum absolute atomic E-state index is 0.227. The van der Waals surface area contributed by atoms with Crippen LogP contribution >= 0.6 is 0 Å². The van der Waals surface area contributed by atoms with E-state index in [1.807, 2.05) is 0 Å². The Morgan fingerprint density at radius 2 is 0.928 bits per heavy atom. The van der Waals surface area contributed by atoms with E-state index in [0.29, 0.717) is 12.8 Å². The molecule has 1 amide bonds. The molecule has 0 aliphatic carbocycles. The molecule has 410 valence electrons. The number of hydrogen-bond acceptors (Lipinski definition) is 10. The molecule has 1 aliphatic heterocycles. The van der Waals surface area contributed by atoms with Crippen LogP contribution in [-0.4, -0.2) is 95.4 Å². The molecule has 1 fully saturated rings. The van der Waals surface area contributed by atoms with Gasteiger partial charge in [0.1, 0.15) is 24.4 Å². The van der Waals surface area contributed by atoms with Crippen LogP contribution in [0.1, 0.15) is 284 Å². The van der Waals surface area contributed by atoms with Crippen molar-refractivity contribution in [2.75, 3.05) is 13.2 Å². The van der Waals surface area contributed by atoms with Gasteiger partial charge in [-0.2, -0.15) is 8.42 Å². The average molecular weight is 1000 g/mol. The lowest BCUT2D eigenvalue weighted by Gasteiger charge is -2.41. The SMILES string of the molecule is CCCCCCCCCCCCCC/C=C\CCCCCCCCCCCCCCCCCCC(=O)NC(COC1OC(CO)C(O)C(OS(=O)(=O)O)C1O)C(O)CCCCCCCCCCCC. The minimum atomic E-state index is -5.07. The molecular weight excluding hydrogens is 895 g/mol. The second kappa shape index (κ2) is 46.6. The Bertz CT molecular complexity index is 1270. The van der Waals surface area contributed by atoms with E-state index in [4.69, 9.17) is 9.47 Å². The van der Waals surface area contributed by atoms with Gasteiger partial charge in [0, 0.05) is 6.42 Å². The molecule has 1 heterocycles. The minimum Gasteiger partial charge on any atom is -0.394 e. The van der Waals surface area contributed by atoms with E-state index < -0.39 is 59.9 Å². The molecule has 1 rings (SSSR count). The fourth-order valence-corrected chi connectivity index (χ4v) is 10.1. The van der Waals surface area contributed by atoms with Crippen molar-refractivity contribution in [3.05, 3.63) is 12.2 Å². The van der Waals surface area contributed by atoms with Crippen LogP contribution in [0.5, 0.6) is 0 Å². The van der Waals surface area contributed by atoms with Crippen LogP contribution in [0.3, 0.4) is 0 Å². The lowest BCUT2D eigenvalue weighted by molar-refractivity contribution is -0.298. The van der Waals surface area contributed by atoms with Crippen molar-refractivity contribution in [1.82, 2.24) is 5.32 Å². The van der Waals surface area contributed by atoms with Crippen molar-refractivity contribution in [2.24, 2.45) is 0 Å². The van der Waals surface area contributed by atoms with Gasteiger partial charge in [-0.1, -0.05) is 251 Å². The summed E-state index contributed by atoms with van der Waals surface area (Å²) in [7, 11) is -5.07. The van der Waals surface area contributed by atoms with Crippen molar-refractivity contribution in [1.29, 1.82) is 0 Å². The molecule has 69 heavy (non-hydrogen) atoms. The standard InChI is InChI=1S/C56H109NO11S/c1-3-5-7-9-11-13-15-16-17-18-19-20-21-22-23-24-25-26-27-28-29-30-31-32-33-34-35-36-38-40-42-44-46-52(60)57-49(50(59)45-43-41-39-37-14-12-10-8-6-4-2)48-66-56-54(62)55(68-69(63,64)65)53(61)51(47-58)67-56/h22-23,49-51,53-56,58-59,61-62H,3-21,24-48H2,1-2H3,(H,57,60)(H,63,64,65)/b23-22-. The van der Waals surface area contributed by atoms with Crippen LogP contribution in [0.15, 0.2) is 12.2 Å². The Kier molecular flexibility index (Phi) is 44.5. The van der Waals surface area contributed by atoms with E-state index >= 15 is 0 Å². The number of amides is 1. The number of aliphatic hydroxyl groups is 4. The predicted octanol–water partition coefficient (Wildman–Crippen LogP) is 13.5. The summed E-state index contributed by atoms with van der Waals surface area (Å²) >= 11 is 0. The van der Waals surface area contributed by atoms with Crippen molar-refractivity contribution in [3.63, 3.8) is 0 Å². The zero-order chi connectivity index (χ0) is 50.5. The Balaban J connectivity index is 2.18. The largest absolute Gasteiger partial charge is 0.397 e.